The summed E-state index contributed by atoms with van der Waals surface area (Å²) >= 11 is 0. The van der Waals surface area contributed by atoms with E-state index in [-0.39, 0.29) is 23.7 Å². The maximum absolute atomic E-state index is 12.6. The van der Waals surface area contributed by atoms with E-state index in [4.69, 9.17) is 10.5 Å². The van der Waals surface area contributed by atoms with E-state index in [2.05, 4.69) is 16.5 Å². The second-order valence-corrected chi connectivity index (χ2v) is 5.88. The Morgan fingerprint density at radius 1 is 1.15 bits per heavy atom. The Bertz CT molecular complexity index is 1180. The number of rotatable bonds is 4. The first-order chi connectivity index (χ1) is 13.1. The number of aromatic hydroxyl groups is 1. The zero-order valence-corrected chi connectivity index (χ0v) is 14.3. The summed E-state index contributed by atoms with van der Waals surface area (Å²) in [7, 11) is 0. The van der Waals surface area contributed by atoms with E-state index in [9.17, 15) is 9.90 Å². The summed E-state index contributed by atoms with van der Waals surface area (Å²) in [5, 5.41) is 9.57. The van der Waals surface area contributed by atoms with E-state index in [1.165, 1.54) is 18.2 Å². The highest BCUT2D eigenvalue weighted by molar-refractivity contribution is 6.09. The SMILES string of the molecule is C=CCOC(=O)c1c(N)n(-c2ccc(O)cc2)c2nc3ccccc3nc12. The standard InChI is InChI=1S/C20H16N4O3/c1-2-11-27-20(26)16-17-19(23-15-6-4-3-5-14(15)22-17)24(18(16)21)12-7-9-13(25)10-8-12/h2-10,25H,1,11,21H2. The summed E-state index contributed by atoms with van der Waals surface area (Å²) in [4.78, 5) is 21.8. The molecule has 3 N–H and O–H groups in total. The lowest BCUT2D eigenvalue weighted by atomic mass is 10.2. The molecule has 2 aromatic heterocycles. The minimum Gasteiger partial charge on any atom is -0.508 e. The predicted molar refractivity (Wildman–Crippen MR) is 103 cm³/mol. The Balaban J connectivity index is 2.05. The molecular weight excluding hydrogens is 344 g/mol. The van der Waals surface area contributed by atoms with Gasteiger partial charge in [-0.2, -0.15) is 0 Å². The van der Waals surface area contributed by atoms with Crippen LogP contribution in [0.4, 0.5) is 5.82 Å². The zero-order chi connectivity index (χ0) is 19.0. The second-order valence-electron chi connectivity index (χ2n) is 5.88. The number of para-hydroxylation sites is 2. The summed E-state index contributed by atoms with van der Waals surface area (Å²) in [6.45, 7) is 3.61. The van der Waals surface area contributed by atoms with Crippen LogP contribution >= 0.6 is 0 Å². The van der Waals surface area contributed by atoms with Crippen LogP contribution in [0.3, 0.4) is 0 Å². The number of aromatic nitrogens is 3. The van der Waals surface area contributed by atoms with E-state index in [0.717, 1.165) is 0 Å². The van der Waals surface area contributed by atoms with E-state index in [1.54, 1.807) is 16.7 Å². The zero-order valence-electron chi connectivity index (χ0n) is 14.3. The molecule has 0 fully saturated rings. The molecule has 134 valence electrons. The van der Waals surface area contributed by atoms with Gasteiger partial charge in [0.1, 0.15) is 29.3 Å². The van der Waals surface area contributed by atoms with E-state index >= 15 is 0 Å². The molecule has 0 aliphatic carbocycles. The van der Waals surface area contributed by atoms with Gasteiger partial charge in [-0.3, -0.25) is 4.57 Å². The fourth-order valence-corrected chi connectivity index (χ4v) is 2.93. The fourth-order valence-electron chi connectivity index (χ4n) is 2.93. The van der Waals surface area contributed by atoms with Crippen LogP contribution in [0, 0.1) is 0 Å². The third kappa shape index (κ3) is 2.75. The van der Waals surface area contributed by atoms with Gasteiger partial charge in [-0.1, -0.05) is 24.8 Å². The second kappa shape index (κ2) is 6.45. The number of carbonyl (C=O) groups is 1. The molecule has 0 saturated heterocycles. The number of fused-ring (bicyclic) bond motifs is 2. The van der Waals surface area contributed by atoms with Crippen molar-refractivity contribution >= 4 is 34.0 Å². The minimum atomic E-state index is -0.598. The third-order valence-corrected chi connectivity index (χ3v) is 4.14. The Morgan fingerprint density at radius 2 is 1.81 bits per heavy atom. The van der Waals surface area contributed by atoms with Gasteiger partial charge in [-0.15, -0.1) is 0 Å². The topological polar surface area (TPSA) is 103 Å². The van der Waals surface area contributed by atoms with Crippen LogP contribution in [0.25, 0.3) is 27.9 Å². The van der Waals surface area contributed by atoms with Gasteiger partial charge in [-0.25, -0.2) is 14.8 Å². The number of benzene rings is 2. The van der Waals surface area contributed by atoms with Gasteiger partial charge in [-0.05, 0) is 36.4 Å². The number of nitrogen functional groups attached to an aromatic ring is 1. The number of nitrogens with two attached hydrogens (primary N) is 1. The van der Waals surface area contributed by atoms with Crippen molar-refractivity contribution in [1.82, 2.24) is 14.5 Å². The number of ether oxygens (including phenoxy) is 1. The molecule has 0 radical (unpaired) electrons. The van der Waals surface area contributed by atoms with Crippen LogP contribution in [0.5, 0.6) is 5.75 Å². The number of anilines is 1. The molecular formula is C20H16N4O3. The van der Waals surface area contributed by atoms with Crippen molar-refractivity contribution < 1.29 is 14.6 Å². The summed E-state index contributed by atoms with van der Waals surface area (Å²) in [6.07, 6.45) is 1.48. The van der Waals surface area contributed by atoms with Crippen molar-refractivity contribution in [2.75, 3.05) is 12.3 Å². The number of nitrogens with zero attached hydrogens (tertiary/aromatic N) is 3. The summed E-state index contributed by atoms with van der Waals surface area (Å²) in [5.41, 5.74) is 9.21. The summed E-state index contributed by atoms with van der Waals surface area (Å²) < 4.78 is 6.81. The average molecular weight is 360 g/mol. The number of esters is 1. The highest BCUT2D eigenvalue weighted by Crippen LogP contribution is 2.31. The van der Waals surface area contributed by atoms with Gasteiger partial charge in [0.15, 0.2) is 5.65 Å². The largest absolute Gasteiger partial charge is 0.508 e. The fraction of sp³-hybridized carbons (Fsp3) is 0.0500. The first-order valence-electron chi connectivity index (χ1n) is 8.24. The Hall–Kier alpha value is -3.87. The van der Waals surface area contributed by atoms with E-state index < -0.39 is 5.97 Å². The highest BCUT2D eigenvalue weighted by atomic mass is 16.5. The first kappa shape index (κ1) is 16.6. The Morgan fingerprint density at radius 3 is 2.48 bits per heavy atom. The lowest BCUT2D eigenvalue weighted by Gasteiger charge is -2.08. The Kier molecular flexibility index (Phi) is 3.97. The molecule has 0 spiro atoms. The average Bonchev–Trinajstić information content (AvgIpc) is 2.96. The molecule has 2 heterocycles. The molecule has 0 bridgehead atoms. The molecule has 0 aliphatic rings. The van der Waals surface area contributed by atoms with Crippen molar-refractivity contribution in [1.29, 1.82) is 0 Å². The van der Waals surface area contributed by atoms with E-state index in [0.29, 0.717) is 27.9 Å². The molecule has 0 amide bonds. The van der Waals surface area contributed by atoms with Gasteiger partial charge in [0.2, 0.25) is 0 Å². The predicted octanol–water partition coefficient (Wildman–Crippen LogP) is 3.20. The maximum Gasteiger partial charge on any atom is 0.344 e. The number of hydrogen-bond acceptors (Lipinski definition) is 6. The van der Waals surface area contributed by atoms with Crippen molar-refractivity contribution in [3.05, 3.63) is 66.7 Å². The number of hydrogen-bond donors (Lipinski definition) is 2. The summed E-state index contributed by atoms with van der Waals surface area (Å²) in [5.74, 6) is -0.310. The van der Waals surface area contributed by atoms with Crippen molar-refractivity contribution in [2.24, 2.45) is 0 Å². The third-order valence-electron chi connectivity index (χ3n) is 4.14. The molecule has 7 nitrogen and oxygen atoms in total. The molecule has 0 saturated carbocycles. The molecule has 0 unspecified atom stereocenters. The van der Waals surface area contributed by atoms with Crippen molar-refractivity contribution in [3.8, 4) is 11.4 Å². The normalized spacial score (nSPS) is 11.0. The molecule has 7 heteroatoms. The molecule has 2 aromatic carbocycles. The Labute approximate surface area is 154 Å². The van der Waals surface area contributed by atoms with Gasteiger partial charge in [0.05, 0.1) is 11.0 Å². The van der Waals surface area contributed by atoms with Crippen molar-refractivity contribution in [2.45, 2.75) is 0 Å². The first-order valence-corrected chi connectivity index (χ1v) is 8.24. The molecule has 27 heavy (non-hydrogen) atoms. The molecule has 4 rings (SSSR count). The molecule has 4 aromatic rings. The van der Waals surface area contributed by atoms with Crippen LogP contribution in [-0.4, -0.2) is 32.2 Å². The van der Waals surface area contributed by atoms with Crippen molar-refractivity contribution in [3.63, 3.8) is 0 Å². The summed E-state index contributed by atoms with van der Waals surface area (Å²) in [6, 6.07) is 13.8. The monoisotopic (exact) mass is 360 g/mol. The van der Waals surface area contributed by atoms with Crippen LogP contribution in [-0.2, 0) is 4.74 Å². The van der Waals surface area contributed by atoms with Gasteiger partial charge < -0.3 is 15.6 Å². The number of phenolic OH excluding ortho intramolecular Hbond substituents is 1. The van der Waals surface area contributed by atoms with Gasteiger partial charge >= 0.3 is 5.97 Å². The van der Waals surface area contributed by atoms with Gasteiger partial charge in [0, 0.05) is 5.69 Å². The number of carbonyl (C=O) groups excluding carboxylic acids is 1. The van der Waals surface area contributed by atoms with E-state index in [1.807, 2.05) is 24.3 Å². The van der Waals surface area contributed by atoms with Crippen LogP contribution < -0.4 is 5.73 Å². The smallest absolute Gasteiger partial charge is 0.344 e. The van der Waals surface area contributed by atoms with Crippen LogP contribution in [0.15, 0.2) is 61.2 Å². The highest BCUT2D eigenvalue weighted by Gasteiger charge is 2.25. The minimum absolute atomic E-state index is 0.0607. The molecule has 0 aliphatic heterocycles. The quantitative estimate of drug-likeness (QED) is 0.428. The van der Waals surface area contributed by atoms with Crippen LogP contribution in [0.2, 0.25) is 0 Å². The number of phenols is 1. The maximum atomic E-state index is 12.6. The molecule has 0 atom stereocenters. The van der Waals surface area contributed by atoms with Crippen LogP contribution in [0.1, 0.15) is 10.4 Å². The lowest BCUT2D eigenvalue weighted by Crippen LogP contribution is -2.09. The lowest BCUT2D eigenvalue weighted by molar-refractivity contribution is 0.0553. The van der Waals surface area contributed by atoms with Gasteiger partial charge in [0.25, 0.3) is 0 Å².